The van der Waals surface area contributed by atoms with Gasteiger partial charge in [-0.2, -0.15) is 5.10 Å². The van der Waals surface area contributed by atoms with Crippen LogP contribution < -0.4 is 4.74 Å². The third kappa shape index (κ3) is 5.16. The number of hydrogen-bond donors (Lipinski definition) is 1. The number of aromatic nitrogens is 2. The van der Waals surface area contributed by atoms with Crippen LogP contribution in [0.15, 0.2) is 36.7 Å². The molecule has 2 aromatic rings. The van der Waals surface area contributed by atoms with E-state index in [1.165, 1.54) is 0 Å². The molecule has 120 valence electrons. The number of aryl methyl sites for hydroxylation is 2. The van der Waals surface area contributed by atoms with E-state index in [-0.39, 0.29) is 0 Å². The smallest absolute Gasteiger partial charge is 0.119 e. The second-order valence-electron chi connectivity index (χ2n) is 5.63. The van der Waals surface area contributed by atoms with Crippen molar-refractivity contribution in [3.05, 3.63) is 47.8 Å². The molecule has 1 aromatic carbocycles. The van der Waals surface area contributed by atoms with Crippen LogP contribution in [0.1, 0.15) is 18.1 Å². The highest BCUT2D eigenvalue weighted by atomic mass is 16.5. The number of aliphatic hydroxyl groups is 1. The van der Waals surface area contributed by atoms with Gasteiger partial charge in [0.05, 0.1) is 6.20 Å². The summed E-state index contributed by atoms with van der Waals surface area (Å²) >= 11 is 0. The van der Waals surface area contributed by atoms with Crippen molar-refractivity contribution in [1.82, 2.24) is 14.7 Å². The van der Waals surface area contributed by atoms with Crippen LogP contribution in [0.2, 0.25) is 0 Å². The maximum absolute atomic E-state index is 10.2. The van der Waals surface area contributed by atoms with Crippen LogP contribution in [0.25, 0.3) is 0 Å². The second-order valence-corrected chi connectivity index (χ2v) is 5.63. The van der Waals surface area contributed by atoms with Gasteiger partial charge < -0.3 is 9.84 Å². The largest absolute Gasteiger partial charge is 0.491 e. The maximum Gasteiger partial charge on any atom is 0.119 e. The molecule has 0 fully saturated rings. The van der Waals surface area contributed by atoms with Crippen LogP contribution in [-0.4, -0.2) is 45.6 Å². The molecule has 5 nitrogen and oxygen atoms in total. The number of aliphatic hydroxyl groups excluding tert-OH is 1. The average Bonchev–Trinajstić information content (AvgIpc) is 2.90. The first kappa shape index (κ1) is 16.5. The Morgan fingerprint density at radius 3 is 2.86 bits per heavy atom. The Morgan fingerprint density at radius 1 is 1.41 bits per heavy atom. The molecule has 0 aliphatic carbocycles. The summed E-state index contributed by atoms with van der Waals surface area (Å²) in [5, 5.41) is 14.3. The van der Waals surface area contributed by atoms with E-state index in [0.29, 0.717) is 13.2 Å². The molecule has 5 heteroatoms. The zero-order valence-corrected chi connectivity index (χ0v) is 13.6. The Hall–Kier alpha value is -1.85. The Kier molecular flexibility index (Phi) is 5.98. The van der Waals surface area contributed by atoms with Crippen LogP contribution >= 0.6 is 0 Å². The molecule has 0 aliphatic heterocycles. The lowest BCUT2D eigenvalue weighted by atomic mass is 10.2. The number of benzene rings is 1. The number of likely N-dealkylation sites (N-methyl/N-ethyl adjacent to an activating group) is 1. The van der Waals surface area contributed by atoms with Gasteiger partial charge in [-0.1, -0.05) is 19.1 Å². The lowest BCUT2D eigenvalue weighted by Gasteiger charge is -2.23. The number of hydrogen-bond acceptors (Lipinski definition) is 4. The van der Waals surface area contributed by atoms with Gasteiger partial charge in [-0.15, -0.1) is 0 Å². The van der Waals surface area contributed by atoms with Crippen molar-refractivity contribution in [2.45, 2.75) is 26.5 Å². The minimum atomic E-state index is -0.517. The molecule has 0 aliphatic rings. The molecule has 1 aromatic heterocycles. The number of nitrogens with zero attached hydrogens (tertiary/aromatic N) is 3. The molecule has 0 radical (unpaired) electrons. The zero-order valence-electron chi connectivity index (χ0n) is 13.6. The Balaban J connectivity index is 1.80. The van der Waals surface area contributed by atoms with Gasteiger partial charge in [-0.25, -0.2) is 0 Å². The molecule has 1 N–H and O–H groups in total. The van der Waals surface area contributed by atoms with Crippen LogP contribution in [0.5, 0.6) is 5.75 Å². The number of ether oxygens (including phenoxy) is 1. The van der Waals surface area contributed by atoms with Crippen molar-refractivity contribution in [2.75, 3.05) is 19.7 Å². The number of rotatable bonds is 8. The summed E-state index contributed by atoms with van der Waals surface area (Å²) in [4.78, 5) is 2.18. The molecule has 1 heterocycles. The fourth-order valence-electron chi connectivity index (χ4n) is 2.37. The summed E-state index contributed by atoms with van der Waals surface area (Å²) < 4.78 is 7.45. The predicted molar refractivity (Wildman–Crippen MR) is 86.8 cm³/mol. The molecule has 1 atom stereocenters. The van der Waals surface area contributed by atoms with Gasteiger partial charge in [0, 0.05) is 31.9 Å². The standard InChI is InChI=1S/C17H25N3O2/c1-4-20(11-15-9-18-19(3)10-15)12-16(21)13-22-17-7-5-6-14(2)8-17/h5-10,16,21H,4,11-13H2,1-3H3. The van der Waals surface area contributed by atoms with Gasteiger partial charge >= 0.3 is 0 Å². The summed E-state index contributed by atoms with van der Waals surface area (Å²) in [7, 11) is 1.91. The Morgan fingerprint density at radius 2 is 2.23 bits per heavy atom. The van der Waals surface area contributed by atoms with Crippen molar-refractivity contribution in [1.29, 1.82) is 0 Å². The van der Waals surface area contributed by atoms with Crippen LogP contribution in [0.4, 0.5) is 0 Å². The van der Waals surface area contributed by atoms with Crippen LogP contribution in [0, 0.1) is 6.92 Å². The first-order valence-electron chi connectivity index (χ1n) is 7.64. The molecular weight excluding hydrogens is 278 g/mol. The van der Waals surface area contributed by atoms with Crippen molar-refractivity contribution in [3.8, 4) is 5.75 Å². The van der Waals surface area contributed by atoms with Gasteiger partial charge in [-0.05, 0) is 31.2 Å². The zero-order chi connectivity index (χ0) is 15.9. The summed E-state index contributed by atoms with van der Waals surface area (Å²) in [6, 6.07) is 7.86. The van der Waals surface area contributed by atoms with Gasteiger partial charge in [-0.3, -0.25) is 9.58 Å². The average molecular weight is 303 g/mol. The van der Waals surface area contributed by atoms with E-state index in [2.05, 4.69) is 16.9 Å². The molecule has 0 saturated heterocycles. The van der Waals surface area contributed by atoms with Crippen molar-refractivity contribution >= 4 is 0 Å². The topological polar surface area (TPSA) is 50.5 Å². The lowest BCUT2D eigenvalue weighted by Crippen LogP contribution is -2.35. The Labute approximate surface area is 132 Å². The highest BCUT2D eigenvalue weighted by Gasteiger charge is 2.12. The molecule has 22 heavy (non-hydrogen) atoms. The van der Waals surface area contributed by atoms with Gasteiger partial charge in [0.25, 0.3) is 0 Å². The SMILES string of the molecule is CCN(Cc1cnn(C)c1)CC(O)COc1cccc(C)c1. The van der Waals surface area contributed by atoms with Crippen LogP contribution in [0.3, 0.4) is 0 Å². The fourth-order valence-corrected chi connectivity index (χ4v) is 2.37. The maximum atomic E-state index is 10.2. The van der Waals surface area contributed by atoms with Crippen LogP contribution in [-0.2, 0) is 13.6 Å². The normalized spacial score (nSPS) is 12.6. The molecular formula is C17H25N3O2. The van der Waals surface area contributed by atoms with E-state index < -0.39 is 6.10 Å². The molecule has 0 amide bonds. The summed E-state index contributed by atoms with van der Waals surface area (Å²) in [5.74, 6) is 0.800. The summed E-state index contributed by atoms with van der Waals surface area (Å²) in [5.41, 5.74) is 2.30. The molecule has 2 rings (SSSR count). The van der Waals surface area contributed by atoms with Gasteiger partial charge in [0.15, 0.2) is 0 Å². The van der Waals surface area contributed by atoms with Gasteiger partial charge in [0.1, 0.15) is 18.5 Å². The van der Waals surface area contributed by atoms with Crippen molar-refractivity contribution < 1.29 is 9.84 Å². The van der Waals surface area contributed by atoms with E-state index in [0.717, 1.165) is 30.0 Å². The quantitative estimate of drug-likeness (QED) is 0.810. The van der Waals surface area contributed by atoms with Crippen molar-refractivity contribution in [2.24, 2.45) is 7.05 Å². The van der Waals surface area contributed by atoms with E-state index in [9.17, 15) is 5.11 Å². The molecule has 0 spiro atoms. The first-order chi connectivity index (χ1) is 10.6. The molecule has 1 unspecified atom stereocenters. The van der Waals surface area contributed by atoms with E-state index in [1.54, 1.807) is 4.68 Å². The first-order valence-corrected chi connectivity index (χ1v) is 7.64. The summed E-state index contributed by atoms with van der Waals surface area (Å²) in [6.45, 7) is 6.65. The third-order valence-electron chi connectivity index (χ3n) is 3.51. The van der Waals surface area contributed by atoms with Crippen molar-refractivity contribution in [3.63, 3.8) is 0 Å². The molecule has 0 bridgehead atoms. The minimum absolute atomic E-state index is 0.299. The minimum Gasteiger partial charge on any atom is -0.491 e. The molecule has 0 saturated carbocycles. The van der Waals surface area contributed by atoms with E-state index in [1.807, 2.05) is 50.6 Å². The highest BCUT2D eigenvalue weighted by Crippen LogP contribution is 2.13. The lowest BCUT2D eigenvalue weighted by molar-refractivity contribution is 0.0674. The monoisotopic (exact) mass is 303 g/mol. The third-order valence-corrected chi connectivity index (χ3v) is 3.51. The summed E-state index contributed by atoms with van der Waals surface area (Å²) in [6.07, 6.45) is 3.34. The Bertz CT molecular complexity index is 583. The second kappa shape index (κ2) is 7.96. The van der Waals surface area contributed by atoms with E-state index >= 15 is 0 Å². The highest BCUT2D eigenvalue weighted by molar-refractivity contribution is 5.27. The predicted octanol–water partition coefficient (Wildman–Crippen LogP) is 1.99. The van der Waals surface area contributed by atoms with Gasteiger partial charge in [0.2, 0.25) is 0 Å². The fraction of sp³-hybridized carbons (Fsp3) is 0.471. The van der Waals surface area contributed by atoms with E-state index in [4.69, 9.17) is 4.74 Å².